The molecule has 6 nitrogen and oxygen atoms in total. The van der Waals surface area contributed by atoms with Gasteiger partial charge in [0.25, 0.3) is 0 Å². The Morgan fingerprint density at radius 2 is 2.11 bits per heavy atom. The van der Waals surface area contributed by atoms with Crippen LogP contribution in [0.25, 0.3) is 0 Å². The van der Waals surface area contributed by atoms with Crippen molar-refractivity contribution < 1.29 is 19.1 Å². The van der Waals surface area contributed by atoms with Gasteiger partial charge in [-0.3, -0.25) is 4.79 Å². The van der Waals surface area contributed by atoms with Gasteiger partial charge in [-0.15, -0.1) is 11.3 Å². The minimum atomic E-state index is -0.520. The fourth-order valence-corrected chi connectivity index (χ4v) is 1.91. The highest BCUT2D eigenvalue weighted by molar-refractivity contribution is 7.11. The van der Waals surface area contributed by atoms with Crippen molar-refractivity contribution in [2.75, 3.05) is 0 Å². The van der Waals surface area contributed by atoms with Gasteiger partial charge in [-0.1, -0.05) is 0 Å². The fraction of sp³-hybridized carbons (Fsp3) is 0.583. The lowest BCUT2D eigenvalue weighted by Crippen LogP contribution is -2.32. The molecule has 0 atom stereocenters. The van der Waals surface area contributed by atoms with Gasteiger partial charge in [-0.2, -0.15) is 0 Å². The van der Waals surface area contributed by atoms with Gasteiger partial charge in [0, 0.05) is 13.1 Å². The number of carbonyl (C=O) groups is 2. The van der Waals surface area contributed by atoms with Gasteiger partial charge in [-0.05, 0) is 20.8 Å². The van der Waals surface area contributed by atoms with Crippen LogP contribution in [-0.4, -0.2) is 22.6 Å². The van der Waals surface area contributed by atoms with Gasteiger partial charge in [0.2, 0.25) is 0 Å². The minimum Gasteiger partial charge on any atom is -0.460 e. The van der Waals surface area contributed by atoms with Gasteiger partial charge in [0.05, 0.1) is 11.4 Å². The number of nitrogens with zero attached hydrogens (tertiary/aromatic N) is 1. The van der Waals surface area contributed by atoms with Crippen LogP contribution in [0.5, 0.6) is 0 Å². The highest BCUT2D eigenvalue weighted by atomic mass is 32.1. The third kappa shape index (κ3) is 6.76. The topological polar surface area (TPSA) is 77.5 Å². The van der Waals surface area contributed by atoms with E-state index in [-0.39, 0.29) is 12.6 Å². The maximum atomic E-state index is 11.4. The minimum absolute atomic E-state index is 0.208. The third-order valence-corrected chi connectivity index (χ3v) is 2.77. The molecule has 1 N–H and O–H groups in total. The first-order valence-electron chi connectivity index (χ1n) is 5.80. The summed E-state index contributed by atoms with van der Waals surface area (Å²) in [6.45, 7) is 7.25. The van der Waals surface area contributed by atoms with Crippen molar-refractivity contribution >= 4 is 23.4 Å². The van der Waals surface area contributed by atoms with E-state index in [0.717, 1.165) is 9.88 Å². The van der Waals surface area contributed by atoms with E-state index >= 15 is 0 Å². The van der Waals surface area contributed by atoms with Gasteiger partial charge in [0.1, 0.15) is 17.2 Å². The first-order chi connectivity index (χ1) is 8.76. The molecule has 1 heterocycles. The van der Waals surface area contributed by atoms with Crippen LogP contribution in [0.1, 0.15) is 37.6 Å². The summed E-state index contributed by atoms with van der Waals surface area (Å²) < 4.78 is 9.95. The maximum Gasteiger partial charge on any atom is 0.408 e. The van der Waals surface area contributed by atoms with Gasteiger partial charge < -0.3 is 14.8 Å². The molecule has 1 rings (SSSR count). The van der Waals surface area contributed by atoms with Gasteiger partial charge in [0.15, 0.2) is 0 Å². The normalized spacial score (nSPS) is 10.9. The van der Waals surface area contributed by atoms with Crippen molar-refractivity contribution in [1.82, 2.24) is 10.3 Å². The molecule has 19 heavy (non-hydrogen) atoms. The molecule has 7 heteroatoms. The Bertz CT molecular complexity index is 451. The molecule has 0 aromatic carbocycles. The second kappa shape index (κ2) is 6.51. The number of esters is 1. The van der Waals surface area contributed by atoms with E-state index in [1.165, 1.54) is 18.3 Å². The molecule has 0 saturated carbocycles. The molecule has 106 valence electrons. The predicted octanol–water partition coefficient (Wildman–Crippen LogP) is 2.23. The summed E-state index contributed by atoms with van der Waals surface area (Å²) in [7, 11) is 0. The predicted molar refractivity (Wildman–Crippen MR) is 70.7 cm³/mol. The molecule has 0 aliphatic heterocycles. The molecule has 0 fully saturated rings. The van der Waals surface area contributed by atoms with E-state index in [9.17, 15) is 9.59 Å². The monoisotopic (exact) mass is 286 g/mol. The lowest BCUT2D eigenvalue weighted by molar-refractivity contribution is -0.142. The molecule has 0 aliphatic carbocycles. The molecule has 0 radical (unpaired) electrons. The molecule has 0 unspecified atom stereocenters. The number of carbonyl (C=O) groups excluding carboxylic acids is 2. The highest BCUT2D eigenvalue weighted by Gasteiger charge is 2.16. The zero-order valence-corrected chi connectivity index (χ0v) is 12.3. The van der Waals surface area contributed by atoms with E-state index in [4.69, 9.17) is 9.47 Å². The van der Waals surface area contributed by atoms with Crippen LogP contribution >= 0.6 is 11.3 Å². The maximum absolute atomic E-state index is 11.4. The van der Waals surface area contributed by atoms with Crippen molar-refractivity contribution in [3.63, 3.8) is 0 Å². The SMILES string of the molecule is CC(=O)OCc1cnc(CNC(=O)OC(C)(C)C)s1. The van der Waals surface area contributed by atoms with E-state index in [2.05, 4.69) is 10.3 Å². The summed E-state index contributed by atoms with van der Waals surface area (Å²) in [5, 5.41) is 3.34. The quantitative estimate of drug-likeness (QED) is 0.859. The summed E-state index contributed by atoms with van der Waals surface area (Å²) in [6, 6.07) is 0. The van der Waals surface area contributed by atoms with Crippen LogP contribution in [0.3, 0.4) is 0 Å². The molecule has 1 aromatic rings. The number of ether oxygens (including phenoxy) is 2. The molecular formula is C12H18N2O4S. The number of alkyl carbamates (subject to hydrolysis) is 1. The van der Waals surface area contributed by atoms with E-state index in [0.29, 0.717) is 6.54 Å². The second-order valence-electron chi connectivity index (χ2n) is 4.86. The van der Waals surface area contributed by atoms with Crippen molar-refractivity contribution in [2.24, 2.45) is 0 Å². The van der Waals surface area contributed by atoms with Crippen molar-refractivity contribution in [3.8, 4) is 0 Å². The molecule has 0 bridgehead atoms. The average Bonchev–Trinajstić information content (AvgIpc) is 2.69. The molecule has 0 saturated heterocycles. The summed E-state index contributed by atoms with van der Waals surface area (Å²) in [6.07, 6.45) is 1.14. The van der Waals surface area contributed by atoms with Crippen molar-refractivity contribution in [1.29, 1.82) is 0 Å². The smallest absolute Gasteiger partial charge is 0.408 e. The molecule has 0 spiro atoms. The van der Waals surface area contributed by atoms with Crippen LogP contribution in [0.2, 0.25) is 0 Å². The number of thiazole rings is 1. The van der Waals surface area contributed by atoms with Crippen molar-refractivity contribution in [3.05, 3.63) is 16.1 Å². The van der Waals surface area contributed by atoms with Crippen LogP contribution in [-0.2, 0) is 27.4 Å². The summed E-state index contributed by atoms with van der Waals surface area (Å²) in [5.74, 6) is -0.332. The van der Waals surface area contributed by atoms with Crippen LogP contribution in [0.15, 0.2) is 6.20 Å². The van der Waals surface area contributed by atoms with Crippen LogP contribution in [0.4, 0.5) is 4.79 Å². The molecule has 1 amide bonds. The zero-order chi connectivity index (χ0) is 14.5. The average molecular weight is 286 g/mol. The lowest BCUT2D eigenvalue weighted by atomic mass is 10.2. The number of nitrogens with one attached hydrogen (secondary N) is 1. The van der Waals surface area contributed by atoms with E-state index in [1.807, 2.05) is 0 Å². The van der Waals surface area contributed by atoms with E-state index in [1.54, 1.807) is 27.0 Å². The zero-order valence-electron chi connectivity index (χ0n) is 11.5. The Morgan fingerprint density at radius 1 is 1.42 bits per heavy atom. The fourth-order valence-electron chi connectivity index (χ4n) is 1.13. The standard InChI is InChI=1S/C12H18N2O4S/c1-8(15)17-7-9-5-13-10(19-9)6-14-11(16)18-12(2,3)4/h5H,6-7H2,1-4H3,(H,14,16). The third-order valence-electron chi connectivity index (χ3n) is 1.80. The number of rotatable bonds is 4. The Morgan fingerprint density at radius 3 is 2.68 bits per heavy atom. The van der Waals surface area contributed by atoms with Gasteiger partial charge >= 0.3 is 12.1 Å². The summed E-state index contributed by atoms with van der Waals surface area (Å²) in [4.78, 5) is 27.0. The number of hydrogen-bond acceptors (Lipinski definition) is 6. The van der Waals surface area contributed by atoms with E-state index < -0.39 is 11.7 Å². The second-order valence-corrected chi connectivity index (χ2v) is 6.06. The number of hydrogen-bond donors (Lipinski definition) is 1. The number of aromatic nitrogens is 1. The molecular weight excluding hydrogens is 268 g/mol. The molecule has 1 aromatic heterocycles. The highest BCUT2D eigenvalue weighted by Crippen LogP contribution is 2.14. The van der Waals surface area contributed by atoms with Crippen molar-refractivity contribution in [2.45, 2.75) is 46.4 Å². The lowest BCUT2D eigenvalue weighted by Gasteiger charge is -2.19. The Hall–Kier alpha value is -1.63. The van der Waals surface area contributed by atoms with Crippen LogP contribution in [0, 0.1) is 0 Å². The summed E-state index contributed by atoms with van der Waals surface area (Å²) >= 11 is 1.38. The van der Waals surface area contributed by atoms with Gasteiger partial charge in [-0.25, -0.2) is 9.78 Å². The Kier molecular flexibility index (Phi) is 5.29. The first-order valence-corrected chi connectivity index (χ1v) is 6.62. The molecule has 0 aliphatic rings. The Labute approximate surface area is 116 Å². The Balaban J connectivity index is 2.38. The first kappa shape index (κ1) is 15.4. The number of amides is 1. The largest absolute Gasteiger partial charge is 0.460 e. The summed E-state index contributed by atoms with van der Waals surface area (Å²) in [5.41, 5.74) is -0.520. The van der Waals surface area contributed by atoms with Crippen LogP contribution < -0.4 is 5.32 Å².